The average Bonchev–Trinajstić information content (AvgIpc) is 2.43. The van der Waals surface area contributed by atoms with E-state index in [1.54, 1.807) is 4.72 Å². The van der Waals surface area contributed by atoms with E-state index in [0.717, 1.165) is 25.3 Å². The number of aliphatic hydroxyl groups is 1. The first-order valence-electron chi connectivity index (χ1n) is 5.51. The number of carbonyl (C=O) groups is 1. The Kier molecular flexibility index (Phi) is 5.31. The molecule has 1 aromatic rings. The van der Waals surface area contributed by atoms with Gasteiger partial charge < -0.3 is 9.84 Å². The third-order valence-corrected chi connectivity index (χ3v) is 3.90. The zero-order valence-electron chi connectivity index (χ0n) is 10.7. The molecule has 0 saturated carbocycles. The summed E-state index contributed by atoms with van der Waals surface area (Å²) in [4.78, 5) is 9.91. The molecule has 0 aliphatic rings. The van der Waals surface area contributed by atoms with Crippen LogP contribution in [0.2, 0.25) is 0 Å². The SMILES string of the molecule is COC(=O)C(O)CNS(=O)(=O)c1ccccc1C(F)(F)F. The summed E-state index contributed by atoms with van der Waals surface area (Å²) < 4.78 is 67.8. The van der Waals surface area contributed by atoms with Crippen LogP contribution in [-0.2, 0) is 25.7 Å². The van der Waals surface area contributed by atoms with E-state index < -0.39 is 45.3 Å². The molecular formula is C11H12F3NO5S. The van der Waals surface area contributed by atoms with Crippen LogP contribution in [-0.4, -0.2) is 39.3 Å². The zero-order valence-corrected chi connectivity index (χ0v) is 11.5. The number of benzene rings is 1. The lowest BCUT2D eigenvalue weighted by molar-refractivity contribution is -0.149. The summed E-state index contributed by atoms with van der Waals surface area (Å²) in [5.41, 5.74) is -1.34. The van der Waals surface area contributed by atoms with Gasteiger partial charge in [0.2, 0.25) is 10.0 Å². The van der Waals surface area contributed by atoms with Gasteiger partial charge in [0, 0.05) is 6.54 Å². The quantitative estimate of drug-likeness (QED) is 0.769. The molecule has 2 N–H and O–H groups in total. The molecule has 10 heteroatoms. The van der Waals surface area contributed by atoms with Crippen molar-refractivity contribution < 1.29 is 36.2 Å². The van der Waals surface area contributed by atoms with Crippen molar-refractivity contribution in [3.63, 3.8) is 0 Å². The number of halogens is 3. The Morgan fingerprint density at radius 1 is 1.38 bits per heavy atom. The lowest BCUT2D eigenvalue weighted by Gasteiger charge is -2.14. The summed E-state index contributed by atoms with van der Waals surface area (Å²) >= 11 is 0. The number of esters is 1. The summed E-state index contributed by atoms with van der Waals surface area (Å²) in [6.45, 7) is -0.804. The van der Waals surface area contributed by atoms with Gasteiger partial charge >= 0.3 is 12.1 Å². The minimum Gasteiger partial charge on any atom is -0.467 e. The van der Waals surface area contributed by atoms with E-state index in [4.69, 9.17) is 0 Å². The van der Waals surface area contributed by atoms with Crippen molar-refractivity contribution in [1.29, 1.82) is 0 Å². The van der Waals surface area contributed by atoms with Crippen LogP contribution in [0.3, 0.4) is 0 Å². The third-order valence-electron chi connectivity index (χ3n) is 2.42. The van der Waals surface area contributed by atoms with E-state index in [1.807, 2.05) is 0 Å². The first kappa shape index (κ1) is 17.4. The Morgan fingerprint density at radius 3 is 2.48 bits per heavy atom. The number of hydrogen-bond acceptors (Lipinski definition) is 5. The van der Waals surface area contributed by atoms with Crippen LogP contribution in [0.15, 0.2) is 29.2 Å². The van der Waals surface area contributed by atoms with E-state index in [-0.39, 0.29) is 0 Å². The lowest BCUT2D eigenvalue weighted by Crippen LogP contribution is -2.37. The fourth-order valence-corrected chi connectivity index (χ4v) is 2.68. The molecule has 0 saturated heterocycles. The van der Waals surface area contributed by atoms with Crippen molar-refractivity contribution in [2.45, 2.75) is 17.2 Å². The Balaban J connectivity index is 3.02. The number of sulfonamides is 1. The largest absolute Gasteiger partial charge is 0.467 e. The van der Waals surface area contributed by atoms with Crippen LogP contribution in [0, 0.1) is 0 Å². The first-order chi connectivity index (χ1) is 9.59. The van der Waals surface area contributed by atoms with Crippen LogP contribution >= 0.6 is 0 Å². The molecule has 118 valence electrons. The van der Waals surface area contributed by atoms with Crippen molar-refractivity contribution in [3.8, 4) is 0 Å². The van der Waals surface area contributed by atoms with Crippen molar-refractivity contribution in [2.75, 3.05) is 13.7 Å². The normalized spacial score (nSPS) is 13.8. The number of alkyl halides is 3. The van der Waals surface area contributed by atoms with Gasteiger partial charge in [0.05, 0.1) is 17.6 Å². The Labute approximate surface area is 118 Å². The van der Waals surface area contributed by atoms with Gasteiger partial charge in [0.25, 0.3) is 0 Å². The van der Waals surface area contributed by atoms with Gasteiger partial charge in [-0.25, -0.2) is 17.9 Å². The summed E-state index contributed by atoms with van der Waals surface area (Å²) in [5, 5.41) is 9.23. The molecule has 0 spiro atoms. The maximum Gasteiger partial charge on any atom is 0.417 e. The average molecular weight is 327 g/mol. The smallest absolute Gasteiger partial charge is 0.417 e. The van der Waals surface area contributed by atoms with Crippen LogP contribution < -0.4 is 4.72 Å². The van der Waals surface area contributed by atoms with Crippen LogP contribution in [0.4, 0.5) is 13.2 Å². The molecular weight excluding hydrogens is 315 g/mol. The topological polar surface area (TPSA) is 92.7 Å². The third kappa shape index (κ3) is 4.41. The zero-order chi connectivity index (χ0) is 16.3. The first-order valence-corrected chi connectivity index (χ1v) is 6.99. The lowest BCUT2D eigenvalue weighted by atomic mass is 10.2. The molecule has 0 aromatic heterocycles. The Hall–Kier alpha value is -1.65. The van der Waals surface area contributed by atoms with Gasteiger partial charge in [0.1, 0.15) is 0 Å². The minimum atomic E-state index is -4.85. The molecule has 0 radical (unpaired) electrons. The van der Waals surface area contributed by atoms with Gasteiger partial charge in [-0.2, -0.15) is 13.2 Å². The van der Waals surface area contributed by atoms with E-state index in [0.29, 0.717) is 6.07 Å². The summed E-state index contributed by atoms with van der Waals surface area (Å²) in [7, 11) is -3.58. The van der Waals surface area contributed by atoms with Crippen molar-refractivity contribution in [2.24, 2.45) is 0 Å². The number of ether oxygens (including phenoxy) is 1. The molecule has 0 fully saturated rings. The summed E-state index contributed by atoms with van der Waals surface area (Å²) in [5.74, 6) is -1.11. The summed E-state index contributed by atoms with van der Waals surface area (Å²) in [6.07, 6.45) is -6.67. The van der Waals surface area contributed by atoms with Crippen LogP contribution in [0.1, 0.15) is 5.56 Å². The number of nitrogens with one attached hydrogen (secondary N) is 1. The highest BCUT2D eigenvalue weighted by atomic mass is 32.2. The van der Waals surface area contributed by atoms with Crippen molar-refractivity contribution in [1.82, 2.24) is 4.72 Å². The van der Waals surface area contributed by atoms with Gasteiger partial charge in [-0.1, -0.05) is 12.1 Å². The molecule has 0 amide bonds. The monoisotopic (exact) mass is 327 g/mol. The van der Waals surface area contributed by atoms with Crippen LogP contribution in [0.5, 0.6) is 0 Å². The summed E-state index contributed by atoms with van der Waals surface area (Å²) in [6, 6.07) is 3.56. The van der Waals surface area contributed by atoms with Crippen molar-refractivity contribution >= 4 is 16.0 Å². The van der Waals surface area contributed by atoms with E-state index in [2.05, 4.69) is 4.74 Å². The van der Waals surface area contributed by atoms with E-state index in [1.165, 1.54) is 0 Å². The highest BCUT2D eigenvalue weighted by molar-refractivity contribution is 7.89. The highest BCUT2D eigenvalue weighted by Gasteiger charge is 2.37. The Morgan fingerprint density at radius 2 is 1.95 bits per heavy atom. The molecule has 1 rings (SSSR count). The van der Waals surface area contributed by atoms with E-state index in [9.17, 15) is 31.5 Å². The van der Waals surface area contributed by atoms with Gasteiger partial charge in [-0.15, -0.1) is 0 Å². The number of carbonyl (C=O) groups excluding carboxylic acids is 1. The maximum atomic E-state index is 12.7. The van der Waals surface area contributed by atoms with Gasteiger partial charge in [0.15, 0.2) is 6.10 Å². The molecule has 6 nitrogen and oxygen atoms in total. The number of aliphatic hydroxyl groups excluding tert-OH is 1. The fraction of sp³-hybridized carbons (Fsp3) is 0.364. The number of rotatable bonds is 5. The maximum absolute atomic E-state index is 12.7. The molecule has 1 unspecified atom stereocenters. The predicted octanol–water partition coefficient (Wildman–Crippen LogP) is 0.518. The van der Waals surface area contributed by atoms with Crippen molar-refractivity contribution in [3.05, 3.63) is 29.8 Å². The minimum absolute atomic E-state index is 0.616. The molecule has 1 atom stereocenters. The standard InChI is InChI=1S/C11H12F3NO5S/c1-20-10(17)8(16)6-15-21(18,19)9-5-3-2-4-7(9)11(12,13)14/h2-5,8,15-16H,6H2,1H3. The second-order valence-electron chi connectivity index (χ2n) is 3.88. The van der Waals surface area contributed by atoms with Crippen LogP contribution in [0.25, 0.3) is 0 Å². The molecule has 0 heterocycles. The predicted molar refractivity (Wildman–Crippen MR) is 64.7 cm³/mol. The van der Waals surface area contributed by atoms with Gasteiger partial charge in [-0.05, 0) is 12.1 Å². The molecule has 21 heavy (non-hydrogen) atoms. The second-order valence-corrected chi connectivity index (χ2v) is 5.62. The number of hydrogen-bond donors (Lipinski definition) is 2. The second kappa shape index (κ2) is 6.41. The molecule has 0 bridgehead atoms. The highest BCUT2D eigenvalue weighted by Crippen LogP contribution is 2.33. The molecule has 0 aliphatic carbocycles. The molecule has 1 aromatic carbocycles. The Bertz CT molecular complexity index is 615. The van der Waals surface area contributed by atoms with E-state index >= 15 is 0 Å². The number of methoxy groups -OCH3 is 1. The fourth-order valence-electron chi connectivity index (χ4n) is 1.42. The van der Waals surface area contributed by atoms with Gasteiger partial charge in [-0.3, -0.25) is 0 Å². The molecule has 0 aliphatic heterocycles.